The van der Waals surface area contributed by atoms with Crippen molar-refractivity contribution in [3.05, 3.63) is 35.6 Å². The van der Waals surface area contributed by atoms with Crippen molar-refractivity contribution in [3.63, 3.8) is 0 Å². The Morgan fingerprint density at radius 2 is 2.00 bits per heavy atom. The number of guanidine groups is 1. The smallest absolute Gasteiger partial charge is 0.193 e. The molecule has 1 spiro atoms. The Balaban J connectivity index is 0.00000169. The fraction of sp³-hybridized carbons (Fsp3) is 0.632. The Labute approximate surface area is 161 Å². The molecule has 0 bridgehead atoms. The molecule has 4 rings (SSSR count). The average Bonchev–Trinajstić information content (AvgIpc) is 2.98. The van der Waals surface area contributed by atoms with Crippen molar-refractivity contribution in [1.82, 2.24) is 10.2 Å². The van der Waals surface area contributed by atoms with E-state index in [0.29, 0.717) is 11.5 Å². The van der Waals surface area contributed by atoms with Gasteiger partial charge in [-0.05, 0) is 42.7 Å². The van der Waals surface area contributed by atoms with Crippen LogP contribution in [0.4, 0.5) is 4.39 Å². The molecule has 2 atom stereocenters. The van der Waals surface area contributed by atoms with Crippen LogP contribution in [0.25, 0.3) is 0 Å². The van der Waals surface area contributed by atoms with E-state index in [-0.39, 0.29) is 35.7 Å². The summed E-state index contributed by atoms with van der Waals surface area (Å²) in [7, 11) is 1.86. The van der Waals surface area contributed by atoms with Crippen LogP contribution in [0, 0.1) is 11.2 Å². The highest BCUT2D eigenvalue weighted by Gasteiger charge is 2.44. The Kier molecular flexibility index (Phi) is 5.37. The van der Waals surface area contributed by atoms with Crippen LogP contribution in [-0.2, 0) is 0 Å². The van der Waals surface area contributed by atoms with E-state index < -0.39 is 0 Å². The maximum absolute atomic E-state index is 13.9. The van der Waals surface area contributed by atoms with E-state index in [1.54, 1.807) is 12.1 Å². The summed E-state index contributed by atoms with van der Waals surface area (Å²) in [6, 6.07) is 7.48. The van der Waals surface area contributed by atoms with Crippen molar-refractivity contribution < 1.29 is 4.39 Å². The zero-order valence-corrected chi connectivity index (χ0v) is 16.6. The van der Waals surface area contributed by atoms with Crippen LogP contribution in [0.15, 0.2) is 29.3 Å². The lowest BCUT2D eigenvalue weighted by Crippen LogP contribution is -2.42. The summed E-state index contributed by atoms with van der Waals surface area (Å²) in [5, 5.41) is 3.57. The van der Waals surface area contributed by atoms with Crippen molar-refractivity contribution >= 4 is 29.9 Å². The average molecular weight is 443 g/mol. The molecule has 1 aliphatic heterocycles. The van der Waals surface area contributed by atoms with E-state index in [9.17, 15) is 4.39 Å². The van der Waals surface area contributed by atoms with E-state index in [0.717, 1.165) is 31.0 Å². The monoisotopic (exact) mass is 443 g/mol. The van der Waals surface area contributed by atoms with Gasteiger partial charge >= 0.3 is 0 Å². The quantitative estimate of drug-likeness (QED) is 0.423. The van der Waals surface area contributed by atoms with Crippen LogP contribution >= 0.6 is 24.0 Å². The van der Waals surface area contributed by atoms with Crippen molar-refractivity contribution in [2.75, 3.05) is 20.1 Å². The molecule has 1 N–H and O–H groups in total. The van der Waals surface area contributed by atoms with Crippen LogP contribution in [-0.4, -0.2) is 37.0 Å². The summed E-state index contributed by atoms with van der Waals surface area (Å²) >= 11 is 0. The lowest BCUT2D eigenvalue weighted by molar-refractivity contribution is 0.309. The highest BCUT2D eigenvalue weighted by molar-refractivity contribution is 14.0. The maximum Gasteiger partial charge on any atom is 0.193 e. The minimum absolute atomic E-state index is 0. The zero-order chi connectivity index (χ0) is 15.9. The molecule has 3 nitrogen and oxygen atoms in total. The summed E-state index contributed by atoms with van der Waals surface area (Å²) in [5.41, 5.74) is 1.39. The summed E-state index contributed by atoms with van der Waals surface area (Å²) < 4.78 is 13.9. The molecule has 3 fully saturated rings. The molecule has 1 aromatic rings. The van der Waals surface area contributed by atoms with Gasteiger partial charge in [0.1, 0.15) is 5.82 Å². The van der Waals surface area contributed by atoms with Crippen molar-refractivity contribution in [3.8, 4) is 0 Å². The van der Waals surface area contributed by atoms with E-state index in [4.69, 9.17) is 0 Å². The van der Waals surface area contributed by atoms with E-state index in [1.807, 2.05) is 19.2 Å². The Hall–Kier alpha value is -0.850. The fourth-order valence-corrected chi connectivity index (χ4v) is 4.59. The molecule has 24 heavy (non-hydrogen) atoms. The molecule has 0 radical (unpaired) electrons. The molecule has 5 heteroatoms. The standard InChI is InChI=1S/C19H26FN3.HI/c1-21-18(23-11-10-19(13-23)8-4-5-9-19)22-17-12-15(17)14-6-2-3-7-16(14)20;/h2-3,6-7,15,17H,4-5,8-13H2,1H3,(H,21,22);1H. The van der Waals surface area contributed by atoms with Gasteiger partial charge in [-0.25, -0.2) is 4.39 Å². The zero-order valence-electron chi connectivity index (χ0n) is 14.3. The van der Waals surface area contributed by atoms with Crippen molar-refractivity contribution in [1.29, 1.82) is 0 Å². The second kappa shape index (κ2) is 7.18. The number of rotatable bonds is 2. The molecular weight excluding hydrogens is 416 g/mol. The predicted molar refractivity (Wildman–Crippen MR) is 107 cm³/mol. The SMILES string of the molecule is CN=C(NC1CC1c1ccccc1F)N1CCC2(CCCC2)C1.I. The predicted octanol–water partition coefficient (Wildman–Crippen LogP) is 4.14. The lowest BCUT2D eigenvalue weighted by atomic mass is 9.86. The highest BCUT2D eigenvalue weighted by atomic mass is 127. The number of hydrogen-bond acceptors (Lipinski definition) is 1. The second-order valence-corrected chi connectivity index (χ2v) is 7.54. The van der Waals surface area contributed by atoms with Crippen LogP contribution in [0.5, 0.6) is 0 Å². The minimum atomic E-state index is -0.0807. The number of likely N-dealkylation sites (tertiary alicyclic amines) is 1. The normalized spacial score (nSPS) is 28.1. The Morgan fingerprint density at radius 3 is 2.71 bits per heavy atom. The van der Waals surface area contributed by atoms with Crippen molar-refractivity contribution in [2.45, 2.75) is 50.5 Å². The number of nitrogens with one attached hydrogen (secondary N) is 1. The maximum atomic E-state index is 13.9. The summed E-state index contributed by atoms with van der Waals surface area (Å²) in [4.78, 5) is 6.91. The van der Waals surface area contributed by atoms with Gasteiger partial charge in [-0.3, -0.25) is 4.99 Å². The van der Waals surface area contributed by atoms with Gasteiger partial charge in [-0.1, -0.05) is 31.0 Å². The molecule has 3 aliphatic rings. The minimum Gasteiger partial charge on any atom is -0.353 e. The molecule has 1 saturated heterocycles. The molecule has 132 valence electrons. The van der Waals surface area contributed by atoms with Gasteiger partial charge in [0.05, 0.1) is 0 Å². The molecule has 0 amide bonds. The van der Waals surface area contributed by atoms with Gasteiger partial charge in [0.15, 0.2) is 5.96 Å². The summed E-state index contributed by atoms with van der Waals surface area (Å²) in [5.74, 6) is 1.22. The third-order valence-electron chi connectivity index (χ3n) is 6.02. The van der Waals surface area contributed by atoms with E-state index in [2.05, 4.69) is 15.2 Å². The first kappa shape index (κ1) is 18.0. The van der Waals surface area contributed by atoms with Crippen LogP contribution in [0.2, 0.25) is 0 Å². The Morgan fingerprint density at radius 1 is 1.25 bits per heavy atom. The third kappa shape index (κ3) is 3.41. The molecule has 2 saturated carbocycles. The van der Waals surface area contributed by atoms with Crippen LogP contribution < -0.4 is 5.32 Å². The van der Waals surface area contributed by atoms with E-state index in [1.165, 1.54) is 32.1 Å². The summed E-state index contributed by atoms with van der Waals surface area (Å²) in [6.45, 7) is 2.25. The van der Waals surface area contributed by atoms with Gasteiger partial charge in [0.2, 0.25) is 0 Å². The first-order valence-corrected chi connectivity index (χ1v) is 8.93. The molecule has 0 aromatic heterocycles. The van der Waals surface area contributed by atoms with Crippen LogP contribution in [0.3, 0.4) is 0 Å². The van der Waals surface area contributed by atoms with Gasteiger partial charge < -0.3 is 10.2 Å². The summed E-state index contributed by atoms with van der Waals surface area (Å²) in [6.07, 6.45) is 7.83. The number of halogens is 2. The second-order valence-electron chi connectivity index (χ2n) is 7.54. The molecule has 1 heterocycles. The Bertz CT molecular complexity index is 612. The first-order chi connectivity index (χ1) is 11.2. The molecule has 2 unspecified atom stereocenters. The largest absolute Gasteiger partial charge is 0.353 e. The van der Waals surface area contributed by atoms with Gasteiger partial charge in [-0.2, -0.15) is 0 Å². The first-order valence-electron chi connectivity index (χ1n) is 8.93. The molecule has 2 aliphatic carbocycles. The van der Waals surface area contributed by atoms with Gasteiger partial charge in [-0.15, -0.1) is 24.0 Å². The lowest BCUT2D eigenvalue weighted by Gasteiger charge is -2.26. The number of aliphatic imine (C=N–C) groups is 1. The highest BCUT2D eigenvalue weighted by Crippen LogP contribution is 2.46. The molecule has 1 aromatic carbocycles. The third-order valence-corrected chi connectivity index (χ3v) is 6.02. The van der Waals surface area contributed by atoms with Gasteiger partial charge in [0, 0.05) is 32.1 Å². The van der Waals surface area contributed by atoms with Crippen LogP contribution in [0.1, 0.15) is 50.0 Å². The number of benzene rings is 1. The molecular formula is C19H27FIN3. The number of hydrogen-bond donors (Lipinski definition) is 1. The van der Waals surface area contributed by atoms with E-state index >= 15 is 0 Å². The van der Waals surface area contributed by atoms with Gasteiger partial charge in [0.25, 0.3) is 0 Å². The van der Waals surface area contributed by atoms with Crippen molar-refractivity contribution in [2.24, 2.45) is 10.4 Å². The number of nitrogens with zero attached hydrogens (tertiary/aromatic N) is 2. The topological polar surface area (TPSA) is 27.6 Å². The fourth-order valence-electron chi connectivity index (χ4n) is 4.59.